The lowest BCUT2D eigenvalue weighted by Crippen LogP contribution is -2.51. The summed E-state index contributed by atoms with van der Waals surface area (Å²) < 4.78 is 64.4. The number of alkyl halides is 3. The van der Waals surface area contributed by atoms with Crippen LogP contribution in [0.15, 0.2) is 60.7 Å². The number of hydrogen-bond donors (Lipinski definition) is 0. The molecule has 0 atom stereocenters. The highest BCUT2D eigenvalue weighted by molar-refractivity contribution is 7.92. The van der Waals surface area contributed by atoms with Crippen LogP contribution in [0.2, 0.25) is 0 Å². The third-order valence-electron chi connectivity index (χ3n) is 5.34. The lowest BCUT2D eigenvalue weighted by Gasteiger charge is -2.35. The van der Waals surface area contributed by atoms with Gasteiger partial charge in [0.1, 0.15) is 6.54 Å². The Bertz CT molecular complexity index is 1080. The summed E-state index contributed by atoms with van der Waals surface area (Å²) in [7, 11) is -3.96. The maximum Gasteiger partial charge on any atom is 0.416 e. The summed E-state index contributed by atoms with van der Waals surface area (Å²) in [4.78, 5) is 16.5. The lowest BCUT2D eigenvalue weighted by atomic mass is 10.2. The van der Waals surface area contributed by atoms with Crippen LogP contribution in [0.25, 0.3) is 6.08 Å². The summed E-state index contributed by atoms with van der Waals surface area (Å²) in [5.41, 5.74) is -0.0644. The monoisotopic (exact) mass is 481 g/mol. The zero-order chi connectivity index (χ0) is 24.1. The Labute approximate surface area is 192 Å². The Balaban J connectivity index is 1.60. The molecule has 1 saturated heterocycles. The molecular weight excluding hydrogens is 455 g/mol. The van der Waals surface area contributed by atoms with E-state index in [0.717, 1.165) is 40.9 Å². The van der Waals surface area contributed by atoms with E-state index >= 15 is 0 Å². The van der Waals surface area contributed by atoms with Gasteiger partial charge in [-0.05, 0) is 23.8 Å². The van der Waals surface area contributed by atoms with E-state index in [4.69, 9.17) is 0 Å². The van der Waals surface area contributed by atoms with Crippen LogP contribution in [0.1, 0.15) is 11.1 Å². The van der Waals surface area contributed by atoms with Crippen molar-refractivity contribution in [3.8, 4) is 0 Å². The maximum absolute atomic E-state index is 13.1. The molecule has 33 heavy (non-hydrogen) atoms. The molecule has 2 aromatic rings. The predicted octanol–water partition coefficient (Wildman–Crippen LogP) is 3.33. The summed E-state index contributed by atoms with van der Waals surface area (Å²) in [6.45, 7) is 2.24. The van der Waals surface area contributed by atoms with Gasteiger partial charge in [0.2, 0.25) is 15.9 Å². The molecule has 6 nitrogen and oxygen atoms in total. The molecule has 178 valence electrons. The molecule has 10 heteroatoms. The van der Waals surface area contributed by atoms with Crippen molar-refractivity contribution < 1.29 is 26.4 Å². The number of carbonyl (C=O) groups excluding carboxylic acids is 1. The van der Waals surface area contributed by atoms with Gasteiger partial charge >= 0.3 is 6.18 Å². The van der Waals surface area contributed by atoms with Crippen LogP contribution < -0.4 is 4.31 Å². The number of hydrogen-bond acceptors (Lipinski definition) is 4. The molecule has 0 aromatic heterocycles. The quantitative estimate of drug-likeness (QED) is 0.609. The van der Waals surface area contributed by atoms with Gasteiger partial charge in [0, 0.05) is 32.7 Å². The number of amides is 1. The standard InChI is InChI=1S/C23H26F3N3O3S/c1-33(31,32)29(21-11-5-10-20(17-21)23(24,25)26)18-22(30)28-15-13-27(14-16-28)12-6-9-19-7-3-2-4-8-19/h2-11,17H,12-16,18H2,1H3/b9-6+. The molecule has 0 spiro atoms. The first-order valence-corrected chi connectivity index (χ1v) is 12.3. The second-order valence-electron chi connectivity index (χ2n) is 7.81. The van der Waals surface area contributed by atoms with Crippen LogP contribution in [-0.2, 0) is 21.0 Å². The number of sulfonamides is 1. The minimum atomic E-state index is -4.62. The highest BCUT2D eigenvalue weighted by atomic mass is 32.2. The highest BCUT2D eigenvalue weighted by Gasteiger charge is 2.32. The predicted molar refractivity (Wildman–Crippen MR) is 122 cm³/mol. The fraction of sp³-hybridized carbons (Fsp3) is 0.348. The Morgan fingerprint density at radius 3 is 2.30 bits per heavy atom. The number of carbonyl (C=O) groups is 1. The summed E-state index contributed by atoms with van der Waals surface area (Å²) in [6.07, 6.45) is 0.328. The van der Waals surface area contributed by atoms with Gasteiger partial charge in [-0.1, -0.05) is 48.6 Å². The number of rotatable bonds is 7. The van der Waals surface area contributed by atoms with E-state index in [1.807, 2.05) is 42.5 Å². The average molecular weight is 482 g/mol. The van der Waals surface area contributed by atoms with E-state index < -0.39 is 34.2 Å². The van der Waals surface area contributed by atoms with Crippen LogP contribution in [0.3, 0.4) is 0 Å². The third-order valence-corrected chi connectivity index (χ3v) is 6.48. The largest absolute Gasteiger partial charge is 0.416 e. The van der Waals surface area contributed by atoms with Gasteiger partial charge in [-0.15, -0.1) is 0 Å². The molecule has 0 unspecified atom stereocenters. The summed E-state index contributed by atoms with van der Waals surface area (Å²) in [6, 6.07) is 13.9. The Kier molecular flexibility index (Phi) is 7.80. The molecule has 0 aliphatic carbocycles. The smallest absolute Gasteiger partial charge is 0.339 e. The normalized spacial score (nSPS) is 15.7. The molecule has 2 aromatic carbocycles. The second-order valence-corrected chi connectivity index (χ2v) is 9.72. The molecule has 1 aliphatic heterocycles. The Morgan fingerprint density at radius 2 is 1.70 bits per heavy atom. The maximum atomic E-state index is 13.1. The van der Waals surface area contributed by atoms with Gasteiger partial charge in [-0.3, -0.25) is 14.0 Å². The first-order chi connectivity index (χ1) is 15.5. The topological polar surface area (TPSA) is 60.9 Å². The van der Waals surface area contributed by atoms with Crippen molar-refractivity contribution in [2.45, 2.75) is 6.18 Å². The van der Waals surface area contributed by atoms with Crippen LogP contribution in [-0.4, -0.2) is 69.6 Å². The Morgan fingerprint density at radius 1 is 1.03 bits per heavy atom. The van der Waals surface area contributed by atoms with Crippen molar-refractivity contribution >= 4 is 27.7 Å². The molecule has 1 fully saturated rings. The molecule has 1 amide bonds. The van der Waals surface area contributed by atoms with Gasteiger partial charge in [-0.2, -0.15) is 13.2 Å². The minimum Gasteiger partial charge on any atom is -0.339 e. The van der Waals surface area contributed by atoms with Crippen molar-refractivity contribution in [1.29, 1.82) is 0 Å². The van der Waals surface area contributed by atoms with Crippen molar-refractivity contribution in [2.24, 2.45) is 0 Å². The highest BCUT2D eigenvalue weighted by Crippen LogP contribution is 2.32. The first kappa shape index (κ1) is 24.8. The first-order valence-electron chi connectivity index (χ1n) is 10.4. The number of halogens is 3. The minimum absolute atomic E-state index is 0.189. The number of benzene rings is 2. The van der Waals surface area contributed by atoms with E-state index in [2.05, 4.69) is 4.90 Å². The fourth-order valence-electron chi connectivity index (χ4n) is 3.54. The molecule has 3 rings (SSSR count). The zero-order valence-corrected chi connectivity index (χ0v) is 19.0. The molecule has 0 radical (unpaired) electrons. The van der Waals surface area contributed by atoms with Crippen molar-refractivity contribution in [1.82, 2.24) is 9.80 Å². The molecule has 1 aliphatic rings. The van der Waals surface area contributed by atoms with Gasteiger partial charge in [0.25, 0.3) is 0 Å². The zero-order valence-electron chi connectivity index (χ0n) is 18.2. The second kappa shape index (κ2) is 10.4. The van der Waals surface area contributed by atoms with E-state index in [1.54, 1.807) is 4.90 Å². The number of piperazine rings is 1. The van der Waals surface area contributed by atoms with Crippen LogP contribution in [0.4, 0.5) is 18.9 Å². The van der Waals surface area contributed by atoms with Crippen LogP contribution in [0.5, 0.6) is 0 Å². The fourth-order valence-corrected chi connectivity index (χ4v) is 4.38. The van der Waals surface area contributed by atoms with E-state index in [9.17, 15) is 26.4 Å². The summed E-state index contributed by atoms with van der Waals surface area (Å²) >= 11 is 0. The summed E-state index contributed by atoms with van der Waals surface area (Å²) in [5.74, 6) is -0.447. The molecular formula is C23H26F3N3O3S. The third kappa shape index (κ3) is 7.06. The molecule has 1 heterocycles. The number of anilines is 1. The van der Waals surface area contributed by atoms with Gasteiger partial charge in [-0.25, -0.2) is 8.42 Å². The van der Waals surface area contributed by atoms with E-state index in [0.29, 0.717) is 26.2 Å². The summed E-state index contributed by atoms with van der Waals surface area (Å²) in [5, 5.41) is 0. The molecule has 0 saturated carbocycles. The van der Waals surface area contributed by atoms with Crippen LogP contribution in [0, 0.1) is 0 Å². The van der Waals surface area contributed by atoms with E-state index in [1.165, 1.54) is 6.07 Å². The SMILES string of the molecule is CS(=O)(=O)N(CC(=O)N1CCN(C/C=C/c2ccccc2)CC1)c1cccc(C(F)(F)F)c1. The Hall–Kier alpha value is -2.85. The van der Waals surface area contributed by atoms with E-state index in [-0.39, 0.29) is 5.69 Å². The lowest BCUT2D eigenvalue weighted by molar-refractivity contribution is -0.137. The van der Waals surface area contributed by atoms with Gasteiger partial charge in [0.05, 0.1) is 17.5 Å². The average Bonchev–Trinajstić information content (AvgIpc) is 2.77. The van der Waals surface area contributed by atoms with Gasteiger partial charge in [0.15, 0.2) is 0 Å². The molecule has 0 N–H and O–H groups in total. The van der Waals surface area contributed by atoms with Crippen LogP contribution >= 0.6 is 0 Å². The van der Waals surface area contributed by atoms with Crippen molar-refractivity contribution in [3.63, 3.8) is 0 Å². The van der Waals surface area contributed by atoms with Gasteiger partial charge < -0.3 is 4.90 Å². The number of nitrogens with zero attached hydrogens (tertiary/aromatic N) is 3. The van der Waals surface area contributed by atoms with Crippen molar-refractivity contribution in [3.05, 3.63) is 71.8 Å². The van der Waals surface area contributed by atoms with Crippen molar-refractivity contribution in [2.75, 3.05) is 49.8 Å². The molecule has 0 bridgehead atoms.